The van der Waals surface area contributed by atoms with Gasteiger partial charge in [0.2, 0.25) is 5.91 Å². The SMILES string of the molecule is C#CCC1(CC#C)C(=O)N(Cc2ccccc2)c2ccccc21. The molecule has 0 spiro atoms. The van der Waals surface area contributed by atoms with Crippen LogP contribution in [0.2, 0.25) is 0 Å². The van der Waals surface area contributed by atoms with E-state index in [1.807, 2.05) is 54.6 Å². The lowest BCUT2D eigenvalue weighted by atomic mass is 9.76. The summed E-state index contributed by atoms with van der Waals surface area (Å²) in [6.45, 7) is 0.521. The molecule has 2 aromatic rings. The molecule has 0 radical (unpaired) electrons. The van der Waals surface area contributed by atoms with Gasteiger partial charge in [-0.1, -0.05) is 48.5 Å². The molecule has 0 fully saturated rings. The van der Waals surface area contributed by atoms with Crippen LogP contribution in [0.25, 0.3) is 0 Å². The summed E-state index contributed by atoms with van der Waals surface area (Å²) in [5.41, 5.74) is 2.13. The molecule has 3 rings (SSSR count). The maximum absolute atomic E-state index is 13.2. The summed E-state index contributed by atoms with van der Waals surface area (Å²) in [7, 11) is 0. The lowest BCUT2D eigenvalue weighted by molar-refractivity contribution is -0.123. The summed E-state index contributed by atoms with van der Waals surface area (Å²) >= 11 is 0. The second-order valence-electron chi connectivity index (χ2n) is 5.74. The number of fused-ring (bicyclic) bond motifs is 1. The molecular weight excluding hydrogens is 282 g/mol. The van der Waals surface area contributed by atoms with E-state index in [-0.39, 0.29) is 5.91 Å². The third kappa shape index (κ3) is 2.39. The maximum Gasteiger partial charge on any atom is 0.239 e. The molecule has 0 saturated carbocycles. The number of anilines is 1. The largest absolute Gasteiger partial charge is 0.307 e. The third-order valence-corrected chi connectivity index (χ3v) is 4.36. The highest BCUT2D eigenvalue weighted by Gasteiger charge is 2.49. The van der Waals surface area contributed by atoms with E-state index < -0.39 is 5.41 Å². The molecule has 0 bridgehead atoms. The molecule has 112 valence electrons. The van der Waals surface area contributed by atoms with Gasteiger partial charge < -0.3 is 4.90 Å². The maximum atomic E-state index is 13.2. The van der Waals surface area contributed by atoms with Crippen LogP contribution in [0, 0.1) is 24.7 Å². The Labute approximate surface area is 137 Å². The fourth-order valence-corrected chi connectivity index (χ4v) is 3.27. The summed E-state index contributed by atoms with van der Waals surface area (Å²) in [5.74, 6) is 5.29. The van der Waals surface area contributed by atoms with Crippen molar-refractivity contribution in [3.05, 3.63) is 65.7 Å². The van der Waals surface area contributed by atoms with Gasteiger partial charge in [0.1, 0.15) is 0 Å². The highest BCUT2D eigenvalue weighted by molar-refractivity contribution is 6.08. The molecule has 0 saturated heterocycles. The molecule has 0 unspecified atom stereocenters. The molecule has 0 N–H and O–H groups in total. The lowest BCUT2D eigenvalue weighted by Gasteiger charge is -2.25. The minimum atomic E-state index is -0.797. The number of carbonyl (C=O) groups is 1. The number of hydrogen-bond donors (Lipinski definition) is 0. The number of amides is 1. The van der Waals surface area contributed by atoms with Crippen molar-refractivity contribution >= 4 is 11.6 Å². The van der Waals surface area contributed by atoms with E-state index in [4.69, 9.17) is 12.8 Å². The van der Waals surface area contributed by atoms with E-state index in [2.05, 4.69) is 11.8 Å². The molecule has 2 heteroatoms. The highest BCUT2D eigenvalue weighted by atomic mass is 16.2. The Morgan fingerprint density at radius 3 is 2.17 bits per heavy atom. The summed E-state index contributed by atoms with van der Waals surface area (Å²) in [6.07, 6.45) is 11.7. The van der Waals surface area contributed by atoms with Gasteiger partial charge >= 0.3 is 0 Å². The minimum absolute atomic E-state index is 0.00143. The predicted molar refractivity (Wildman–Crippen MR) is 92.7 cm³/mol. The van der Waals surface area contributed by atoms with E-state index in [0.717, 1.165) is 16.8 Å². The zero-order valence-electron chi connectivity index (χ0n) is 12.8. The van der Waals surface area contributed by atoms with Crippen molar-refractivity contribution < 1.29 is 4.79 Å². The van der Waals surface area contributed by atoms with Crippen LogP contribution >= 0.6 is 0 Å². The summed E-state index contributed by atoms with van der Waals surface area (Å²) < 4.78 is 0. The van der Waals surface area contributed by atoms with Gasteiger partial charge in [0, 0.05) is 18.5 Å². The van der Waals surface area contributed by atoms with Crippen LogP contribution < -0.4 is 4.90 Å². The van der Waals surface area contributed by atoms with Crippen LogP contribution in [0.5, 0.6) is 0 Å². The van der Waals surface area contributed by atoms with Gasteiger partial charge in [-0.3, -0.25) is 4.79 Å². The number of para-hydroxylation sites is 1. The van der Waals surface area contributed by atoms with E-state index in [1.54, 1.807) is 4.90 Å². The summed E-state index contributed by atoms with van der Waals surface area (Å²) in [5, 5.41) is 0. The van der Waals surface area contributed by atoms with Crippen LogP contribution in [-0.2, 0) is 16.8 Å². The minimum Gasteiger partial charge on any atom is -0.307 e. The summed E-state index contributed by atoms with van der Waals surface area (Å²) in [6, 6.07) is 17.7. The van der Waals surface area contributed by atoms with E-state index in [0.29, 0.717) is 19.4 Å². The lowest BCUT2D eigenvalue weighted by Crippen LogP contribution is -2.39. The van der Waals surface area contributed by atoms with Crippen molar-refractivity contribution in [3.63, 3.8) is 0 Å². The first-order valence-electron chi connectivity index (χ1n) is 7.55. The van der Waals surface area contributed by atoms with Crippen molar-refractivity contribution in [3.8, 4) is 24.7 Å². The van der Waals surface area contributed by atoms with Crippen molar-refractivity contribution in [2.75, 3.05) is 4.90 Å². The van der Waals surface area contributed by atoms with Crippen LogP contribution in [0.4, 0.5) is 5.69 Å². The van der Waals surface area contributed by atoms with Gasteiger partial charge in [0.05, 0.1) is 12.0 Å². The first-order chi connectivity index (χ1) is 11.2. The monoisotopic (exact) mass is 299 g/mol. The zero-order valence-corrected chi connectivity index (χ0v) is 12.8. The molecule has 1 aliphatic heterocycles. The second kappa shape index (κ2) is 6.03. The average Bonchev–Trinajstić information content (AvgIpc) is 2.80. The van der Waals surface area contributed by atoms with E-state index in [1.165, 1.54) is 0 Å². The Hall–Kier alpha value is -2.97. The molecule has 2 nitrogen and oxygen atoms in total. The molecule has 2 aromatic carbocycles. The van der Waals surface area contributed by atoms with Gasteiger partial charge in [-0.25, -0.2) is 0 Å². The predicted octanol–water partition coefficient (Wildman–Crippen LogP) is 3.52. The Morgan fingerprint density at radius 1 is 0.913 bits per heavy atom. The number of benzene rings is 2. The molecule has 23 heavy (non-hydrogen) atoms. The van der Waals surface area contributed by atoms with Gasteiger partial charge in [-0.15, -0.1) is 24.7 Å². The van der Waals surface area contributed by atoms with Crippen LogP contribution in [-0.4, -0.2) is 5.91 Å². The average molecular weight is 299 g/mol. The Kier molecular flexibility index (Phi) is 3.92. The third-order valence-electron chi connectivity index (χ3n) is 4.36. The van der Waals surface area contributed by atoms with E-state index >= 15 is 0 Å². The number of nitrogens with zero attached hydrogens (tertiary/aromatic N) is 1. The smallest absolute Gasteiger partial charge is 0.239 e. The van der Waals surface area contributed by atoms with Crippen molar-refractivity contribution in [1.29, 1.82) is 0 Å². The molecule has 0 aliphatic carbocycles. The Bertz CT molecular complexity index is 792. The molecule has 1 heterocycles. The van der Waals surface area contributed by atoms with Crippen molar-refractivity contribution in [2.45, 2.75) is 24.8 Å². The number of terminal acetylenes is 2. The van der Waals surface area contributed by atoms with Crippen LogP contribution in [0.3, 0.4) is 0 Å². The zero-order chi connectivity index (χ0) is 16.3. The second-order valence-corrected chi connectivity index (χ2v) is 5.74. The molecule has 0 atom stereocenters. The van der Waals surface area contributed by atoms with Crippen LogP contribution in [0.15, 0.2) is 54.6 Å². The van der Waals surface area contributed by atoms with Gasteiger partial charge in [-0.2, -0.15) is 0 Å². The van der Waals surface area contributed by atoms with Crippen molar-refractivity contribution in [1.82, 2.24) is 0 Å². The van der Waals surface area contributed by atoms with Gasteiger partial charge in [0.25, 0.3) is 0 Å². The first kappa shape index (κ1) is 14.9. The van der Waals surface area contributed by atoms with Crippen molar-refractivity contribution in [2.24, 2.45) is 0 Å². The quantitative estimate of drug-likeness (QED) is 0.791. The highest BCUT2D eigenvalue weighted by Crippen LogP contribution is 2.46. The first-order valence-corrected chi connectivity index (χ1v) is 7.55. The Balaban J connectivity index is 2.08. The van der Waals surface area contributed by atoms with E-state index in [9.17, 15) is 4.79 Å². The molecule has 1 aliphatic rings. The molecule has 1 amide bonds. The molecule has 0 aromatic heterocycles. The standard InChI is InChI=1S/C21H17NO/c1-3-14-21(15-4-2)18-12-8-9-13-19(18)22(20(21)23)16-17-10-6-5-7-11-17/h1-2,5-13H,14-16H2. The van der Waals surface area contributed by atoms with Crippen LogP contribution in [0.1, 0.15) is 24.0 Å². The molecular formula is C21H17NO. The number of carbonyl (C=O) groups excluding carboxylic acids is 1. The van der Waals surface area contributed by atoms with Gasteiger partial charge in [0.15, 0.2) is 0 Å². The summed E-state index contributed by atoms with van der Waals surface area (Å²) in [4.78, 5) is 15.0. The topological polar surface area (TPSA) is 20.3 Å². The Morgan fingerprint density at radius 2 is 1.52 bits per heavy atom. The van der Waals surface area contributed by atoms with Gasteiger partial charge in [-0.05, 0) is 17.2 Å². The fraction of sp³-hybridized carbons (Fsp3) is 0.190. The number of rotatable bonds is 4. The normalized spacial score (nSPS) is 14.9. The fourth-order valence-electron chi connectivity index (χ4n) is 3.27. The number of hydrogen-bond acceptors (Lipinski definition) is 1.